The van der Waals surface area contributed by atoms with Gasteiger partial charge in [-0.25, -0.2) is 9.78 Å². The summed E-state index contributed by atoms with van der Waals surface area (Å²) in [6.07, 6.45) is 1.65. The number of amides is 2. The third-order valence-corrected chi connectivity index (χ3v) is 4.51. The van der Waals surface area contributed by atoms with Gasteiger partial charge in [-0.15, -0.1) is 11.3 Å². The number of anilines is 1. The second-order valence-electron chi connectivity index (χ2n) is 5.16. The molecule has 7 nitrogen and oxygen atoms in total. The normalized spacial score (nSPS) is 14.6. The summed E-state index contributed by atoms with van der Waals surface area (Å²) in [5, 5.41) is 2.46. The van der Waals surface area contributed by atoms with Crippen LogP contribution >= 0.6 is 11.3 Å². The number of piperazine rings is 1. The molecule has 0 radical (unpaired) electrons. The lowest BCUT2D eigenvalue weighted by Crippen LogP contribution is -2.52. The fourth-order valence-electron chi connectivity index (χ4n) is 2.45. The molecule has 0 N–H and O–H groups in total. The molecule has 0 aliphatic carbocycles. The highest BCUT2D eigenvalue weighted by atomic mass is 32.1. The van der Waals surface area contributed by atoms with E-state index in [4.69, 9.17) is 0 Å². The van der Waals surface area contributed by atoms with Crippen molar-refractivity contribution in [2.45, 2.75) is 0 Å². The van der Waals surface area contributed by atoms with Crippen molar-refractivity contribution in [3.8, 4) is 0 Å². The number of nitrogens with zero attached hydrogens (tertiary/aromatic N) is 3. The minimum absolute atomic E-state index is 0.0111. The van der Waals surface area contributed by atoms with Crippen molar-refractivity contribution in [1.82, 2.24) is 9.88 Å². The summed E-state index contributed by atoms with van der Waals surface area (Å²) in [4.78, 5) is 43.4. The molecule has 8 heteroatoms. The molecule has 1 fully saturated rings. The van der Waals surface area contributed by atoms with Gasteiger partial charge in [0.25, 0.3) is 5.91 Å². The number of benzene rings is 1. The van der Waals surface area contributed by atoms with Crippen LogP contribution in [-0.4, -0.2) is 54.4 Å². The van der Waals surface area contributed by atoms with Crippen molar-refractivity contribution in [1.29, 1.82) is 0 Å². The second kappa shape index (κ2) is 6.79. The summed E-state index contributed by atoms with van der Waals surface area (Å²) in [5.41, 5.74) is 0.803. The highest BCUT2D eigenvalue weighted by molar-refractivity contribution is 7.13. The van der Waals surface area contributed by atoms with Crippen LogP contribution in [0, 0.1) is 0 Å². The van der Waals surface area contributed by atoms with E-state index in [9.17, 15) is 14.4 Å². The summed E-state index contributed by atoms with van der Waals surface area (Å²) in [6.45, 7) is 0.860. The van der Waals surface area contributed by atoms with E-state index in [0.29, 0.717) is 29.3 Å². The maximum Gasteiger partial charge on any atom is 0.337 e. The summed E-state index contributed by atoms with van der Waals surface area (Å²) in [6, 6.07) is 6.19. The highest BCUT2D eigenvalue weighted by Crippen LogP contribution is 2.20. The lowest BCUT2D eigenvalue weighted by molar-refractivity contribution is -0.120. The van der Waals surface area contributed by atoms with Crippen molar-refractivity contribution in [2.75, 3.05) is 31.6 Å². The highest BCUT2D eigenvalue weighted by Gasteiger charge is 2.29. The zero-order valence-electron chi connectivity index (χ0n) is 13.0. The Morgan fingerprint density at radius 3 is 2.46 bits per heavy atom. The lowest BCUT2D eigenvalue weighted by Gasteiger charge is -2.32. The van der Waals surface area contributed by atoms with Gasteiger partial charge < -0.3 is 9.64 Å². The standard InChI is InChI=1S/C16H15N3O4S/c1-23-15(22)12-4-2-11(3-5-12)14(21)18-7-8-19(13(20)10-18)16-17-6-9-24-16/h2-6,9H,7-8,10H2,1H3. The molecule has 124 valence electrons. The first-order valence-electron chi connectivity index (χ1n) is 7.27. The molecule has 0 saturated carbocycles. The second-order valence-corrected chi connectivity index (χ2v) is 6.03. The Labute approximate surface area is 142 Å². The summed E-state index contributed by atoms with van der Waals surface area (Å²) in [5.74, 6) is -0.851. The molecule has 3 rings (SSSR count). The number of hydrogen-bond acceptors (Lipinski definition) is 6. The van der Waals surface area contributed by atoms with Crippen LogP contribution in [0.15, 0.2) is 35.8 Å². The van der Waals surface area contributed by atoms with Crippen LogP contribution < -0.4 is 4.90 Å². The molecule has 0 bridgehead atoms. The first-order valence-corrected chi connectivity index (χ1v) is 8.15. The molecule has 1 saturated heterocycles. The van der Waals surface area contributed by atoms with Gasteiger partial charge in [-0.3, -0.25) is 14.5 Å². The van der Waals surface area contributed by atoms with Gasteiger partial charge >= 0.3 is 5.97 Å². The van der Waals surface area contributed by atoms with Crippen molar-refractivity contribution in [3.63, 3.8) is 0 Å². The van der Waals surface area contributed by atoms with E-state index in [1.165, 1.54) is 35.5 Å². The van der Waals surface area contributed by atoms with Gasteiger partial charge in [0.05, 0.1) is 12.7 Å². The molecule has 1 aromatic carbocycles. The van der Waals surface area contributed by atoms with Gasteiger partial charge in [0.15, 0.2) is 5.13 Å². The van der Waals surface area contributed by atoms with Crippen LogP contribution in [0.3, 0.4) is 0 Å². The quantitative estimate of drug-likeness (QED) is 0.786. The largest absolute Gasteiger partial charge is 0.465 e. The number of ether oxygens (including phenoxy) is 1. The van der Waals surface area contributed by atoms with Crippen molar-refractivity contribution < 1.29 is 19.1 Å². The number of carbonyl (C=O) groups is 3. The topological polar surface area (TPSA) is 79.8 Å². The van der Waals surface area contributed by atoms with Crippen LogP contribution in [0.1, 0.15) is 20.7 Å². The number of methoxy groups -OCH3 is 1. The first kappa shape index (κ1) is 16.1. The van der Waals surface area contributed by atoms with E-state index in [1.807, 2.05) is 5.38 Å². The first-order chi connectivity index (χ1) is 11.6. The zero-order chi connectivity index (χ0) is 17.1. The molecule has 0 atom stereocenters. The number of aromatic nitrogens is 1. The van der Waals surface area contributed by atoms with Gasteiger partial charge in [-0.1, -0.05) is 0 Å². The molecular weight excluding hydrogens is 330 g/mol. The number of carbonyl (C=O) groups excluding carboxylic acids is 3. The van der Waals surface area contributed by atoms with Gasteiger partial charge in [-0.05, 0) is 24.3 Å². The van der Waals surface area contributed by atoms with Gasteiger partial charge in [0.1, 0.15) is 6.54 Å². The van der Waals surface area contributed by atoms with Crippen LogP contribution in [-0.2, 0) is 9.53 Å². The molecule has 1 aliphatic heterocycles. The van der Waals surface area contributed by atoms with Gasteiger partial charge in [0.2, 0.25) is 5.91 Å². The predicted molar refractivity (Wildman–Crippen MR) is 88.2 cm³/mol. The third kappa shape index (κ3) is 3.13. The van der Waals surface area contributed by atoms with E-state index < -0.39 is 5.97 Å². The van der Waals surface area contributed by atoms with Crippen molar-refractivity contribution in [3.05, 3.63) is 47.0 Å². The van der Waals surface area contributed by atoms with E-state index in [2.05, 4.69) is 9.72 Å². The molecular formula is C16H15N3O4S. The molecule has 24 heavy (non-hydrogen) atoms. The molecule has 1 aliphatic rings. The smallest absolute Gasteiger partial charge is 0.337 e. The monoisotopic (exact) mass is 345 g/mol. The molecule has 0 spiro atoms. The van der Waals surface area contributed by atoms with Gasteiger partial charge in [0, 0.05) is 30.2 Å². The van der Waals surface area contributed by atoms with Crippen molar-refractivity contribution in [2.24, 2.45) is 0 Å². The van der Waals surface area contributed by atoms with Crippen LogP contribution in [0.5, 0.6) is 0 Å². The van der Waals surface area contributed by atoms with Crippen LogP contribution in [0.25, 0.3) is 0 Å². The van der Waals surface area contributed by atoms with Crippen LogP contribution in [0.2, 0.25) is 0 Å². The molecule has 2 aromatic rings. The average molecular weight is 345 g/mol. The summed E-state index contributed by atoms with van der Waals surface area (Å²) < 4.78 is 4.62. The Morgan fingerprint density at radius 1 is 1.17 bits per heavy atom. The predicted octanol–water partition coefficient (Wildman–Crippen LogP) is 1.42. The van der Waals surface area contributed by atoms with E-state index in [1.54, 1.807) is 23.2 Å². The Hall–Kier alpha value is -2.74. The lowest BCUT2D eigenvalue weighted by atomic mass is 10.1. The Balaban J connectivity index is 1.68. The number of hydrogen-bond donors (Lipinski definition) is 0. The third-order valence-electron chi connectivity index (χ3n) is 3.71. The van der Waals surface area contributed by atoms with E-state index >= 15 is 0 Å². The molecule has 2 amide bonds. The fraction of sp³-hybridized carbons (Fsp3) is 0.250. The van der Waals surface area contributed by atoms with Crippen molar-refractivity contribution >= 4 is 34.3 Å². The fourth-order valence-corrected chi connectivity index (χ4v) is 3.13. The van der Waals surface area contributed by atoms with Crippen LogP contribution in [0.4, 0.5) is 5.13 Å². The summed E-state index contributed by atoms with van der Waals surface area (Å²) >= 11 is 1.39. The molecule has 2 heterocycles. The number of esters is 1. The Morgan fingerprint density at radius 2 is 1.88 bits per heavy atom. The zero-order valence-corrected chi connectivity index (χ0v) is 13.8. The SMILES string of the molecule is COC(=O)c1ccc(C(=O)N2CCN(c3nccs3)C(=O)C2)cc1. The minimum Gasteiger partial charge on any atom is -0.465 e. The minimum atomic E-state index is -0.457. The Kier molecular flexibility index (Phi) is 4.57. The summed E-state index contributed by atoms with van der Waals surface area (Å²) in [7, 11) is 1.30. The van der Waals surface area contributed by atoms with E-state index in [-0.39, 0.29) is 18.4 Å². The van der Waals surface area contributed by atoms with Gasteiger partial charge in [-0.2, -0.15) is 0 Å². The van der Waals surface area contributed by atoms with E-state index in [0.717, 1.165) is 0 Å². The maximum absolute atomic E-state index is 12.5. The maximum atomic E-state index is 12.5. The average Bonchev–Trinajstić information content (AvgIpc) is 3.14. The Bertz CT molecular complexity index is 758. The number of thiazole rings is 1. The molecule has 1 aromatic heterocycles. The number of rotatable bonds is 3. The molecule has 0 unspecified atom stereocenters.